The molecule has 4 fully saturated rings. The lowest BCUT2D eigenvalue weighted by Gasteiger charge is -2.70. The van der Waals surface area contributed by atoms with E-state index < -0.39 is 53.2 Å². The van der Waals surface area contributed by atoms with Crippen molar-refractivity contribution in [2.75, 3.05) is 13.2 Å². The predicted octanol–water partition coefficient (Wildman–Crippen LogP) is 7.97. The fourth-order valence-electron chi connectivity index (χ4n) is 11.6. The van der Waals surface area contributed by atoms with Crippen molar-refractivity contribution in [1.29, 1.82) is 0 Å². The standard InChI is InChI=1S/C41H66O8.2CH4/c1-12-15-29-38(9)18-17-30(43)39(10,24-48-34(46)25(4)13-2)28(38)16-19-40(29,11)37(8)21-27-20-36(6,7)32(45)33(49-35(47)26(5)14-3)41(27,23-42)31(44)22-37;;/h12-14,27-33,42-45H,1,15-24H2,2-11H3;2*1H4/b25-13+,26-14+;;/t27?,28?,29?,30-,31+,32-,33-,37-,38-,39+,40+,41-;;/m0../s1. The van der Waals surface area contributed by atoms with Crippen LogP contribution in [0.15, 0.2) is 36.0 Å². The van der Waals surface area contributed by atoms with Crippen molar-refractivity contribution >= 4 is 11.9 Å². The number of fused-ring (bicyclic) bond motifs is 2. The van der Waals surface area contributed by atoms with E-state index in [2.05, 4.69) is 34.3 Å². The zero-order valence-electron chi connectivity index (χ0n) is 32.0. The summed E-state index contributed by atoms with van der Waals surface area (Å²) in [7, 11) is 0. The molecule has 0 saturated heterocycles. The van der Waals surface area contributed by atoms with E-state index in [4.69, 9.17) is 9.47 Å². The van der Waals surface area contributed by atoms with E-state index in [0.717, 1.165) is 25.7 Å². The molecular weight excluding hydrogens is 644 g/mol. The van der Waals surface area contributed by atoms with Gasteiger partial charge in [0.1, 0.15) is 6.10 Å². The zero-order chi connectivity index (χ0) is 37.0. The molecule has 8 nitrogen and oxygen atoms in total. The van der Waals surface area contributed by atoms with Crippen LogP contribution in [0, 0.1) is 50.2 Å². The van der Waals surface area contributed by atoms with E-state index in [1.54, 1.807) is 32.9 Å². The number of aliphatic hydroxyl groups is 4. The minimum Gasteiger partial charge on any atom is -0.462 e. The fraction of sp³-hybridized carbons (Fsp3) is 0.814. The highest BCUT2D eigenvalue weighted by Gasteiger charge is 2.70. The molecule has 294 valence electrons. The van der Waals surface area contributed by atoms with Crippen LogP contribution in [-0.4, -0.2) is 70.0 Å². The van der Waals surface area contributed by atoms with Gasteiger partial charge >= 0.3 is 11.9 Å². The van der Waals surface area contributed by atoms with Crippen molar-refractivity contribution in [3.05, 3.63) is 36.0 Å². The topological polar surface area (TPSA) is 134 Å². The molecule has 4 N–H and O–H groups in total. The largest absolute Gasteiger partial charge is 0.462 e. The smallest absolute Gasteiger partial charge is 0.333 e. The van der Waals surface area contributed by atoms with Gasteiger partial charge in [-0.25, -0.2) is 9.59 Å². The summed E-state index contributed by atoms with van der Waals surface area (Å²) in [6.07, 6.45) is 7.22. The van der Waals surface area contributed by atoms with E-state index in [-0.39, 0.29) is 61.4 Å². The molecule has 0 bridgehead atoms. The lowest BCUT2D eigenvalue weighted by Crippen LogP contribution is -2.71. The summed E-state index contributed by atoms with van der Waals surface area (Å²) in [5.74, 6) is -0.866. The van der Waals surface area contributed by atoms with Crippen molar-refractivity contribution < 1.29 is 39.5 Å². The molecule has 0 amide bonds. The summed E-state index contributed by atoms with van der Waals surface area (Å²) in [5, 5.41) is 46.7. The Labute approximate surface area is 310 Å². The molecule has 4 saturated carbocycles. The van der Waals surface area contributed by atoms with Gasteiger partial charge in [0.2, 0.25) is 0 Å². The number of allylic oxidation sites excluding steroid dienone is 3. The molecule has 0 aromatic carbocycles. The van der Waals surface area contributed by atoms with Crippen LogP contribution in [-0.2, 0) is 19.1 Å². The first kappa shape index (κ1) is 45.2. The van der Waals surface area contributed by atoms with Gasteiger partial charge in [-0.05, 0) is 118 Å². The predicted molar refractivity (Wildman–Crippen MR) is 205 cm³/mol. The number of ether oxygens (including phenoxy) is 2. The number of hydrogen-bond acceptors (Lipinski definition) is 8. The van der Waals surface area contributed by atoms with Crippen LogP contribution in [0.4, 0.5) is 0 Å². The van der Waals surface area contributed by atoms with Gasteiger partial charge in [0.05, 0.1) is 36.9 Å². The van der Waals surface area contributed by atoms with Crippen LogP contribution in [0.5, 0.6) is 0 Å². The summed E-state index contributed by atoms with van der Waals surface area (Å²) >= 11 is 0. The van der Waals surface area contributed by atoms with Gasteiger partial charge in [0, 0.05) is 16.6 Å². The van der Waals surface area contributed by atoms with Gasteiger partial charge in [-0.15, -0.1) is 6.58 Å². The van der Waals surface area contributed by atoms with Gasteiger partial charge in [0.15, 0.2) is 0 Å². The molecule has 3 unspecified atom stereocenters. The van der Waals surface area contributed by atoms with Crippen molar-refractivity contribution in [3.63, 3.8) is 0 Å². The zero-order valence-corrected chi connectivity index (χ0v) is 32.0. The Morgan fingerprint density at radius 2 is 1.43 bits per heavy atom. The Kier molecular flexibility index (Phi) is 14.0. The molecular formula is C43H74O8. The van der Waals surface area contributed by atoms with Crippen molar-refractivity contribution in [3.8, 4) is 0 Å². The van der Waals surface area contributed by atoms with Crippen LogP contribution in [0.3, 0.4) is 0 Å². The molecule has 0 aromatic heterocycles. The van der Waals surface area contributed by atoms with Crippen molar-refractivity contribution in [2.24, 2.45) is 50.2 Å². The monoisotopic (exact) mass is 719 g/mol. The Morgan fingerprint density at radius 3 is 1.98 bits per heavy atom. The van der Waals surface area contributed by atoms with Crippen molar-refractivity contribution in [2.45, 2.75) is 160 Å². The van der Waals surface area contributed by atoms with E-state index in [9.17, 15) is 30.0 Å². The maximum Gasteiger partial charge on any atom is 0.333 e. The normalized spacial score (nSPS) is 43.7. The van der Waals surface area contributed by atoms with Crippen molar-refractivity contribution in [1.82, 2.24) is 0 Å². The molecule has 4 aliphatic rings. The van der Waals surface area contributed by atoms with Crippen LogP contribution in [0.2, 0.25) is 0 Å². The first-order valence-corrected chi connectivity index (χ1v) is 18.6. The second-order valence-electron chi connectivity index (χ2n) is 18.1. The minimum absolute atomic E-state index is 0. The molecule has 0 aliphatic heterocycles. The van der Waals surface area contributed by atoms with Crippen LogP contribution in [0.25, 0.3) is 0 Å². The number of carbonyl (C=O) groups is 2. The third kappa shape index (κ3) is 7.05. The second kappa shape index (κ2) is 15.8. The Morgan fingerprint density at radius 1 is 0.843 bits per heavy atom. The Balaban J connectivity index is 0.00000451. The van der Waals surface area contributed by atoms with Gasteiger partial charge in [-0.3, -0.25) is 0 Å². The van der Waals surface area contributed by atoms with Gasteiger partial charge < -0.3 is 29.9 Å². The average molecular weight is 719 g/mol. The Bertz CT molecular complexity index is 1330. The lowest BCUT2D eigenvalue weighted by molar-refractivity contribution is -0.278. The first-order valence-electron chi connectivity index (χ1n) is 18.6. The molecule has 0 radical (unpaired) electrons. The average Bonchev–Trinajstić information content (AvgIpc) is 3.04. The number of aliphatic hydroxyl groups excluding tert-OH is 4. The highest BCUT2D eigenvalue weighted by Crippen LogP contribution is 2.73. The van der Waals surface area contributed by atoms with Gasteiger partial charge in [0.25, 0.3) is 0 Å². The summed E-state index contributed by atoms with van der Waals surface area (Å²) in [6.45, 7) is 24.0. The van der Waals surface area contributed by atoms with Crippen LogP contribution < -0.4 is 0 Å². The van der Waals surface area contributed by atoms with Gasteiger partial charge in [-0.2, -0.15) is 0 Å². The first-order chi connectivity index (χ1) is 22.7. The third-order valence-electron chi connectivity index (χ3n) is 15.3. The number of rotatable bonds is 9. The molecule has 0 heterocycles. The minimum atomic E-state index is -1.20. The summed E-state index contributed by atoms with van der Waals surface area (Å²) in [4.78, 5) is 25.9. The van der Waals surface area contributed by atoms with Gasteiger partial charge in [-0.1, -0.05) is 74.6 Å². The molecule has 4 aliphatic carbocycles. The molecule has 51 heavy (non-hydrogen) atoms. The molecule has 12 atom stereocenters. The quantitative estimate of drug-likeness (QED) is 0.107. The SMILES string of the molecule is C.C.C=CCC1[C@@]2(C)CC[C@H](O)[C@](C)(COC(=O)/C(C)=C/C)C2CC[C@@]1(C)[C@@]1(C)CC2CC(C)(C)[C@@H](O)[C@H](OC(=O)/C(C)=C/C)[C@]2(CO)[C@H](O)C1. The molecule has 8 heteroatoms. The highest BCUT2D eigenvalue weighted by atomic mass is 16.6. The van der Waals surface area contributed by atoms with E-state index >= 15 is 0 Å². The second-order valence-corrected chi connectivity index (χ2v) is 18.1. The number of hydrogen-bond donors (Lipinski definition) is 4. The summed E-state index contributed by atoms with van der Waals surface area (Å²) in [6, 6.07) is 0. The summed E-state index contributed by atoms with van der Waals surface area (Å²) in [5.41, 5.74) is -2.32. The van der Waals surface area contributed by atoms with E-state index in [1.165, 1.54) is 0 Å². The van der Waals surface area contributed by atoms with Crippen LogP contribution in [0.1, 0.15) is 135 Å². The molecule has 0 spiro atoms. The summed E-state index contributed by atoms with van der Waals surface area (Å²) < 4.78 is 11.9. The number of esters is 2. The maximum absolute atomic E-state index is 13.1. The van der Waals surface area contributed by atoms with Crippen LogP contribution >= 0.6 is 0 Å². The lowest BCUT2D eigenvalue weighted by atomic mass is 9.35. The third-order valence-corrected chi connectivity index (χ3v) is 15.3. The highest BCUT2D eigenvalue weighted by molar-refractivity contribution is 5.88. The van der Waals surface area contributed by atoms with E-state index in [1.807, 2.05) is 26.8 Å². The number of carbonyl (C=O) groups excluding carboxylic acids is 2. The molecule has 4 rings (SSSR count). The fourth-order valence-corrected chi connectivity index (χ4v) is 11.6. The molecule has 0 aromatic rings. The Hall–Kier alpha value is -2.00. The maximum atomic E-state index is 13.1. The van der Waals surface area contributed by atoms with E-state index in [0.29, 0.717) is 36.8 Å².